The van der Waals surface area contributed by atoms with Gasteiger partial charge in [-0.2, -0.15) is 0 Å². The molecule has 1 fully saturated rings. The van der Waals surface area contributed by atoms with E-state index in [4.69, 9.17) is 21.1 Å². The van der Waals surface area contributed by atoms with Crippen LogP contribution in [0.3, 0.4) is 0 Å². The second-order valence-corrected chi connectivity index (χ2v) is 8.51. The second kappa shape index (κ2) is 11.7. The van der Waals surface area contributed by atoms with Crippen molar-refractivity contribution in [1.29, 1.82) is 0 Å². The first-order chi connectivity index (χ1) is 15.4. The molecule has 0 atom stereocenters. The Morgan fingerprint density at radius 3 is 2.50 bits per heavy atom. The molecule has 3 rings (SSSR count). The van der Waals surface area contributed by atoms with Crippen LogP contribution in [0.1, 0.15) is 41.6 Å². The van der Waals surface area contributed by atoms with Crippen molar-refractivity contribution in [3.63, 3.8) is 0 Å². The minimum absolute atomic E-state index is 0.146. The van der Waals surface area contributed by atoms with E-state index >= 15 is 0 Å². The summed E-state index contributed by atoms with van der Waals surface area (Å²) < 4.78 is 11.1. The maximum absolute atomic E-state index is 12.3. The highest BCUT2D eigenvalue weighted by Crippen LogP contribution is 2.23. The van der Waals surface area contributed by atoms with Gasteiger partial charge in [-0.3, -0.25) is 4.79 Å². The summed E-state index contributed by atoms with van der Waals surface area (Å²) in [4.78, 5) is 31.7. The molecule has 1 saturated heterocycles. The highest BCUT2D eigenvalue weighted by Gasteiger charge is 2.23. The third kappa shape index (κ3) is 6.85. The lowest BCUT2D eigenvalue weighted by molar-refractivity contribution is 0.0805. The number of carbonyl (C=O) groups excluding carboxylic acids is 2. The number of ether oxygens (including phenoxy) is 2. The van der Waals surface area contributed by atoms with E-state index in [0.717, 1.165) is 44.3 Å². The molecule has 2 aromatic rings. The molecule has 8 heteroatoms. The minimum atomic E-state index is -0.241. The van der Waals surface area contributed by atoms with Crippen molar-refractivity contribution >= 4 is 23.6 Å². The standard InChI is InChI=1S/C24H30ClN3O4/c1-27(2)23(29)20-10-11-21(26-22(20)25)31-16-6-9-18-12-14-28(15-13-18)24(30)32-17-19-7-4-3-5-8-19/h3-5,7-8,10-11,18H,6,9,12-17H2,1-2H3. The maximum atomic E-state index is 12.3. The molecule has 0 saturated carbocycles. The second-order valence-electron chi connectivity index (χ2n) is 8.15. The molecular weight excluding hydrogens is 430 g/mol. The number of aromatic nitrogens is 1. The number of amides is 2. The van der Waals surface area contributed by atoms with Crippen LogP contribution in [-0.2, 0) is 11.3 Å². The molecule has 172 valence electrons. The van der Waals surface area contributed by atoms with Crippen LogP contribution in [0, 0.1) is 5.92 Å². The fraction of sp³-hybridized carbons (Fsp3) is 0.458. The predicted octanol–water partition coefficient (Wildman–Crippen LogP) is 4.64. The molecule has 7 nitrogen and oxygen atoms in total. The number of likely N-dealkylation sites (tertiary alicyclic amines) is 1. The minimum Gasteiger partial charge on any atom is -0.478 e. The maximum Gasteiger partial charge on any atom is 0.410 e. The van der Waals surface area contributed by atoms with Gasteiger partial charge in [0.1, 0.15) is 11.8 Å². The van der Waals surface area contributed by atoms with E-state index in [0.29, 0.717) is 30.6 Å². The first-order valence-corrected chi connectivity index (χ1v) is 11.3. The predicted molar refractivity (Wildman–Crippen MR) is 123 cm³/mol. The zero-order valence-electron chi connectivity index (χ0n) is 18.6. The van der Waals surface area contributed by atoms with Gasteiger partial charge in [0.05, 0.1) is 12.2 Å². The highest BCUT2D eigenvalue weighted by molar-refractivity contribution is 6.32. The zero-order valence-corrected chi connectivity index (χ0v) is 19.4. The first-order valence-electron chi connectivity index (χ1n) is 10.9. The van der Waals surface area contributed by atoms with Gasteiger partial charge in [-0.1, -0.05) is 41.9 Å². The van der Waals surface area contributed by atoms with Crippen molar-refractivity contribution < 1.29 is 19.1 Å². The molecular formula is C24H30ClN3O4. The van der Waals surface area contributed by atoms with E-state index in [9.17, 15) is 9.59 Å². The summed E-state index contributed by atoms with van der Waals surface area (Å²) in [6, 6.07) is 13.0. The number of benzene rings is 1. The molecule has 0 radical (unpaired) electrons. The number of carbonyl (C=O) groups is 2. The van der Waals surface area contributed by atoms with Crippen LogP contribution in [0.15, 0.2) is 42.5 Å². The first kappa shape index (κ1) is 23.9. The van der Waals surface area contributed by atoms with E-state index in [-0.39, 0.29) is 17.2 Å². The van der Waals surface area contributed by atoms with Gasteiger partial charge in [-0.15, -0.1) is 0 Å². The Balaban J connectivity index is 1.33. The van der Waals surface area contributed by atoms with Crippen molar-refractivity contribution in [3.8, 4) is 5.88 Å². The Morgan fingerprint density at radius 2 is 1.84 bits per heavy atom. The summed E-state index contributed by atoms with van der Waals surface area (Å²) in [5.74, 6) is 0.791. The number of rotatable bonds is 8. The lowest BCUT2D eigenvalue weighted by Crippen LogP contribution is -2.38. The van der Waals surface area contributed by atoms with Crippen LogP contribution in [0.2, 0.25) is 5.15 Å². The van der Waals surface area contributed by atoms with Crippen molar-refractivity contribution in [2.75, 3.05) is 33.8 Å². The number of halogens is 1. The smallest absolute Gasteiger partial charge is 0.410 e. The molecule has 0 aliphatic carbocycles. The zero-order chi connectivity index (χ0) is 22.9. The van der Waals surface area contributed by atoms with Gasteiger partial charge in [0.25, 0.3) is 5.91 Å². The Kier molecular flexibility index (Phi) is 8.73. The van der Waals surface area contributed by atoms with Crippen molar-refractivity contribution in [3.05, 3.63) is 58.7 Å². The van der Waals surface area contributed by atoms with Gasteiger partial charge in [-0.25, -0.2) is 9.78 Å². The van der Waals surface area contributed by atoms with Crippen molar-refractivity contribution in [2.24, 2.45) is 5.92 Å². The molecule has 0 bridgehead atoms. The highest BCUT2D eigenvalue weighted by atomic mass is 35.5. The average Bonchev–Trinajstić information content (AvgIpc) is 2.81. The third-order valence-corrected chi connectivity index (χ3v) is 5.83. The quantitative estimate of drug-likeness (QED) is 0.424. The Labute approximate surface area is 194 Å². The lowest BCUT2D eigenvalue weighted by atomic mass is 9.92. The number of nitrogens with zero attached hydrogens (tertiary/aromatic N) is 3. The van der Waals surface area contributed by atoms with Crippen molar-refractivity contribution in [2.45, 2.75) is 32.3 Å². The molecule has 32 heavy (non-hydrogen) atoms. The molecule has 2 amide bonds. The summed E-state index contributed by atoms with van der Waals surface area (Å²) in [5, 5.41) is 0.146. The van der Waals surface area contributed by atoms with Crippen LogP contribution in [0.5, 0.6) is 5.88 Å². The molecule has 0 unspecified atom stereocenters. The topological polar surface area (TPSA) is 72.0 Å². The number of piperidine rings is 1. The van der Waals surface area contributed by atoms with Gasteiger partial charge < -0.3 is 19.3 Å². The summed E-state index contributed by atoms with van der Waals surface area (Å²) in [6.07, 6.45) is 3.60. The SMILES string of the molecule is CN(C)C(=O)c1ccc(OCCCC2CCN(C(=O)OCc3ccccc3)CC2)nc1Cl. The van der Waals surface area contributed by atoms with Crippen LogP contribution >= 0.6 is 11.6 Å². The van der Waals surface area contributed by atoms with Crippen LogP contribution in [0.4, 0.5) is 4.79 Å². The van der Waals surface area contributed by atoms with E-state index in [2.05, 4.69) is 4.98 Å². The summed E-state index contributed by atoms with van der Waals surface area (Å²) in [5.41, 5.74) is 1.35. The molecule has 1 aromatic heterocycles. The van der Waals surface area contributed by atoms with Crippen LogP contribution in [0.25, 0.3) is 0 Å². The molecule has 1 aliphatic rings. The number of hydrogen-bond donors (Lipinski definition) is 0. The van der Waals surface area contributed by atoms with Crippen molar-refractivity contribution in [1.82, 2.24) is 14.8 Å². The van der Waals surface area contributed by atoms with Gasteiger partial charge >= 0.3 is 6.09 Å². The molecule has 1 aromatic carbocycles. The Hall–Kier alpha value is -2.80. The van der Waals surface area contributed by atoms with E-state index in [1.54, 1.807) is 31.1 Å². The largest absolute Gasteiger partial charge is 0.478 e. The Bertz CT molecular complexity index is 899. The van der Waals surface area contributed by atoms with Crippen LogP contribution in [-0.4, -0.2) is 60.6 Å². The average molecular weight is 460 g/mol. The monoisotopic (exact) mass is 459 g/mol. The fourth-order valence-corrected chi connectivity index (χ4v) is 3.89. The molecule has 1 aliphatic heterocycles. The van der Waals surface area contributed by atoms with E-state index in [1.807, 2.05) is 30.3 Å². The van der Waals surface area contributed by atoms with Gasteiger partial charge in [-0.05, 0) is 43.2 Å². The summed E-state index contributed by atoms with van der Waals surface area (Å²) in [7, 11) is 3.34. The van der Waals surface area contributed by atoms with Gasteiger partial charge in [0.2, 0.25) is 5.88 Å². The molecule has 0 spiro atoms. The summed E-state index contributed by atoms with van der Waals surface area (Å²) >= 11 is 6.12. The summed E-state index contributed by atoms with van der Waals surface area (Å²) in [6.45, 7) is 2.28. The number of hydrogen-bond acceptors (Lipinski definition) is 5. The number of pyridine rings is 1. The lowest BCUT2D eigenvalue weighted by Gasteiger charge is -2.31. The molecule has 0 N–H and O–H groups in total. The van der Waals surface area contributed by atoms with Gasteiger partial charge in [0, 0.05) is 33.3 Å². The third-order valence-electron chi connectivity index (χ3n) is 5.54. The normalized spacial score (nSPS) is 14.2. The van der Waals surface area contributed by atoms with E-state index < -0.39 is 0 Å². The van der Waals surface area contributed by atoms with Gasteiger partial charge in [0.15, 0.2) is 0 Å². The van der Waals surface area contributed by atoms with E-state index in [1.165, 1.54) is 4.90 Å². The fourth-order valence-electron chi connectivity index (χ4n) is 3.66. The Morgan fingerprint density at radius 1 is 1.12 bits per heavy atom. The molecule has 2 heterocycles. The van der Waals surface area contributed by atoms with Crippen LogP contribution < -0.4 is 4.74 Å².